The average Bonchev–Trinajstić information content (AvgIpc) is 2.62. The fourth-order valence-corrected chi connectivity index (χ4v) is 4.82. The third-order valence-electron chi connectivity index (χ3n) is 5.24. The molecule has 1 nitrogen and oxygen atoms in total. The average molecular weight is 179 g/mol. The van der Waals surface area contributed by atoms with Crippen molar-refractivity contribution in [3.8, 4) is 0 Å². The molecule has 5 atom stereocenters. The van der Waals surface area contributed by atoms with Crippen LogP contribution >= 0.6 is 0 Å². The molecule has 0 heterocycles. The van der Waals surface area contributed by atoms with Crippen molar-refractivity contribution < 1.29 is 0 Å². The van der Waals surface area contributed by atoms with E-state index < -0.39 is 0 Å². The van der Waals surface area contributed by atoms with Gasteiger partial charge in [-0.2, -0.15) is 0 Å². The normalized spacial score (nSPS) is 59.5. The van der Waals surface area contributed by atoms with Crippen molar-refractivity contribution in [2.24, 2.45) is 29.4 Å². The predicted octanol–water partition coefficient (Wildman–Crippen LogP) is 2.55. The Morgan fingerprint density at radius 2 is 2.08 bits per heavy atom. The Kier molecular flexibility index (Phi) is 1.59. The highest BCUT2D eigenvalue weighted by atomic mass is 14.9. The molecule has 13 heavy (non-hydrogen) atoms. The molecule has 3 rings (SSSR count). The number of hydrogen-bond donors (Lipinski definition) is 1. The number of fused-ring (bicyclic) bond motifs is 5. The molecule has 0 aliphatic heterocycles. The lowest BCUT2D eigenvalue weighted by atomic mass is 9.61. The van der Waals surface area contributed by atoms with Gasteiger partial charge in [0.25, 0.3) is 0 Å². The van der Waals surface area contributed by atoms with E-state index in [0.717, 1.165) is 23.7 Å². The molecule has 0 aromatic heterocycles. The van der Waals surface area contributed by atoms with E-state index in [4.69, 9.17) is 5.73 Å². The van der Waals surface area contributed by atoms with Crippen molar-refractivity contribution in [2.45, 2.75) is 51.0 Å². The summed E-state index contributed by atoms with van der Waals surface area (Å²) in [6.45, 7) is 2.44. The molecule has 3 fully saturated rings. The van der Waals surface area contributed by atoms with Gasteiger partial charge >= 0.3 is 0 Å². The van der Waals surface area contributed by atoms with Crippen molar-refractivity contribution in [1.82, 2.24) is 0 Å². The van der Waals surface area contributed by atoms with Gasteiger partial charge in [-0.15, -0.1) is 0 Å². The first kappa shape index (κ1) is 8.28. The molecule has 0 amide bonds. The van der Waals surface area contributed by atoms with Crippen LogP contribution in [-0.4, -0.2) is 5.54 Å². The molecule has 1 heteroatoms. The zero-order valence-electron chi connectivity index (χ0n) is 8.63. The zero-order chi connectivity index (χ0) is 9.05. The standard InChI is InChI=1S/C12H21N/c1-8-3-2-6-12(13)10-5-4-9(7-10)11(8)12/h8-11H,2-7,13H2,1H3/t8-,9+,10-,11?,12+/m0/s1. The van der Waals surface area contributed by atoms with E-state index >= 15 is 0 Å². The monoisotopic (exact) mass is 179 g/mol. The smallest absolute Gasteiger partial charge is 0.0216 e. The topological polar surface area (TPSA) is 26.0 Å². The van der Waals surface area contributed by atoms with E-state index in [2.05, 4.69) is 6.92 Å². The highest BCUT2D eigenvalue weighted by Gasteiger charge is 2.58. The maximum Gasteiger partial charge on any atom is 0.0216 e. The lowest BCUT2D eigenvalue weighted by Crippen LogP contribution is -2.55. The first-order valence-corrected chi connectivity index (χ1v) is 6.00. The summed E-state index contributed by atoms with van der Waals surface area (Å²) in [5.41, 5.74) is 6.92. The summed E-state index contributed by atoms with van der Waals surface area (Å²) in [5.74, 6) is 3.70. The Hall–Kier alpha value is -0.0400. The molecule has 3 saturated carbocycles. The number of hydrogen-bond acceptors (Lipinski definition) is 1. The molecular formula is C12H21N. The Bertz CT molecular complexity index is 225. The van der Waals surface area contributed by atoms with Gasteiger partial charge in [0.05, 0.1) is 0 Å². The van der Waals surface area contributed by atoms with E-state index in [1.165, 1.54) is 38.5 Å². The zero-order valence-corrected chi connectivity index (χ0v) is 8.63. The Balaban J connectivity index is 1.96. The van der Waals surface area contributed by atoms with E-state index in [1.807, 2.05) is 0 Å². The summed E-state index contributed by atoms with van der Waals surface area (Å²) in [6, 6.07) is 0. The van der Waals surface area contributed by atoms with E-state index in [-0.39, 0.29) is 5.54 Å². The van der Waals surface area contributed by atoms with Crippen molar-refractivity contribution >= 4 is 0 Å². The molecule has 0 spiro atoms. The summed E-state index contributed by atoms with van der Waals surface area (Å²) < 4.78 is 0. The van der Waals surface area contributed by atoms with Crippen LogP contribution in [0, 0.1) is 23.7 Å². The van der Waals surface area contributed by atoms with E-state index in [0.29, 0.717) is 0 Å². The van der Waals surface area contributed by atoms with Crippen LogP contribution in [0.5, 0.6) is 0 Å². The van der Waals surface area contributed by atoms with Crippen LogP contribution in [0.2, 0.25) is 0 Å². The molecule has 2 N–H and O–H groups in total. The van der Waals surface area contributed by atoms with Crippen LogP contribution in [0.1, 0.15) is 45.4 Å². The third kappa shape index (κ3) is 0.918. The minimum absolute atomic E-state index is 0.278. The number of nitrogens with two attached hydrogens (primary N) is 1. The SMILES string of the molecule is C[C@H]1CCC[C@]2(N)C1[C@@H]1CC[C@H]2C1. The van der Waals surface area contributed by atoms with Crippen LogP contribution in [0.25, 0.3) is 0 Å². The van der Waals surface area contributed by atoms with Gasteiger partial charge < -0.3 is 5.73 Å². The molecule has 3 aliphatic rings. The van der Waals surface area contributed by atoms with Crippen molar-refractivity contribution in [1.29, 1.82) is 0 Å². The minimum atomic E-state index is 0.278. The molecular weight excluding hydrogens is 158 g/mol. The molecule has 74 valence electrons. The molecule has 0 aromatic rings. The van der Waals surface area contributed by atoms with Crippen molar-refractivity contribution in [2.75, 3.05) is 0 Å². The molecule has 0 aromatic carbocycles. The molecule has 0 radical (unpaired) electrons. The fourth-order valence-electron chi connectivity index (χ4n) is 4.82. The van der Waals surface area contributed by atoms with Gasteiger partial charge in [0.2, 0.25) is 0 Å². The van der Waals surface area contributed by atoms with Gasteiger partial charge in [-0.25, -0.2) is 0 Å². The van der Waals surface area contributed by atoms with Crippen LogP contribution in [0.4, 0.5) is 0 Å². The lowest BCUT2D eigenvalue weighted by molar-refractivity contribution is 0.0717. The van der Waals surface area contributed by atoms with E-state index in [9.17, 15) is 0 Å². The second-order valence-corrected chi connectivity index (χ2v) is 5.78. The maximum absolute atomic E-state index is 6.64. The van der Waals surface area contributed by atoms with Gasteiger partial charge in [0, 0.05) is 5.54 Å². The molecule has 2 bridgehead atoms. The predicted molar refractivity (Wildman–Crippen MR) is 54.3 cm³/mol. The fraction of sp³-hybridized carbons (Fsp3) is 1.00. The minimum Gasteiger partial charge on any atom is -0.325 e. The summed E-state index contributed by atoms with van der Waals surface area (Å²) in [6.07, 6.45) is 8.53. The van der Waals surface area contributed by atoms with Gasteiger partial charge in [0.15, 0.2) is 0 Å². The lowest BCUT2D eigenvalue weighted by Gasteiger charge is -2.47. The first-order valence-electron chi connectivity index (χ1n) is 6.00. The first-order chi connectivity index (χ1) is 6.22. The number of rotatable bonds is 0. The Morgan fingerprint density at radius 3 is 2.85 bits per heavy atom. The van der Waals surface area contributed by atoms with Crippen LogP contribution in [0.15, 0.2) is 0 Å². The highest BCUT2D eigenvalue weighted by Crippen LogP contribution is 2.60. The highest BCUT2D eigenvalue weighted by molar-refractivity contribution is 5.12. The Morgan fingerprint density at radius 1 is 1.23 bits per heavy atom. The summed E-state index contributed by atoms with van der Waals surface area (Å²) in [5, 5.41) is 0. The largest absolute Gasteiger partial charge is 0.325 e. The van der Waals surface area contributed by atoms with E-state index in [1.54, 1.807) is 0 Å². The van der Waals surface area contributed by atoms with Crippen molar-refractivity contribution in [3.05, 3.63) is 0 Å². The summed E-state index contributed by atoms with van der Waals surface area (Å²) in [4.78, 5) is 0. The van der Waals surface area contributed by atoms with Gasteiger partial charge in [0.1, 0.15) is 0 Å². The Labute approximate surface area is 81.1 Å². The van der Waals surface area contributed by atoms with Gasteiger partial charge in [-0.3, -0.25) is 0 Å². The molecule has 0 saturated heterocycles. The summed E-state index contributed by atoms with van der Waals surface area (Å²) in [7, 11) is 0. The van der Waals surface area contributed by atoms with Gasteiger partial charge in [-0.1, -0.05) is 19.8 Å². The molecule has 1 unspecified atom stereocenters. The van der Waals surface area contributed by atoms with Crippen LogP contribution in [0.3, 0.4) is 0 Å². The quantitative estimate of drug-likeness (QED) is 0.607. The van der Waals surface area contributed by atoms with Crippen LogP contribution < -0.4 is 5.73 Å². The third-order valence-corrected chi connectivity index (χ3v) is 5.24. The maximum atomic E-state index is 6.64. The van der Waals surface area contributed by atoms with Gasteiger partial charge in [-0.05, 0) is 49.4 Å². The van der Waals surface area contributed by atoms with Crippen LogP contribution in [-0.2, 0) is 0 Å². The van der Waals surface area contributed by atoms with Crippen molar-refractivity contribution in [3.63, 3.8) is 0 Å². The summed E-state index contributed by atoms with van der Waals surface area (Å²) >= 11 is 0. The molecule has 3 aliphatic carbocycles. The second kappa shape index (κ2) is 2.50. The second-order valence-electron chi connectivity index (χ2n) is 5.78.